The van der Waals surface area contributed by atoms with Crippen LogP contribution < -0.4 is 5.73 Å². The zero-order chi connectivity index (χ0) is 11.4. The quantitative estimate of drug-likeness (QED) is 0.714. The van der Waals surface area contributed by atoms with Gasteiger partial charge in [0.05, 0.1) is 0 Å². The molecular formula is C13H18ClN. The first-order chi connectivity index (χ1) is 6.84. The maximum atomic E-state index is 6.34. The Kier molecular flexibility index (Phi) is 2.36. The minimum Gasteiger partial charge on any atom is -0.324 e. The number of rotatable bonds is 0. The van der Waals surface area contributed by atoms with Crippen molar-refractivity contribution < 1.29 is 0 Å². The van der Waals surface area contributed by atoms with Crippen LogP contribution in [0.15, 0.2) is 6.07 Å². The zero-order valence-corrected chi connectivity index (χ0v) is 10.6. The Morgan fingerprint density at radius 3 is 2.60 bits per heavy atom. The molecule has 0 radical (unpaired) electrons. The number of nitrogens with two attached hydrogens (primary N) is 1. The van der Waals surface area contributed by atoms with Crippen LogP contribution in [0.3, 0.4) is 0 Å². The molecule has 0 amide bonds. The molecule has 0 aromatic heterocycles. The number of hydrogen-bond acceptors (Lipinski definition) is 1. The van der Waals surface area contributed by atoms with Crippen molar-refractivity contribution in [3.63, 3.8) is 0 Å². The van der Waals surface area contributed by atoms with E-state index in [2.05, 4.69) is 33.8 Å². The molecule has 2 N–H and O–H groups in total. The normalized spacial score (nSPS) is 22.9. The van der Waals surface area contributed by atoms with E-state index in [9.17, 15) is 0 Å². The Balaban J connectivity index is 2.78. The number of benzene rings is 1. The fourth-order valence-electron chi connectivity index (χ4n) is 2.80. The Labute approximate surface area is 96.6 Å². The molecule has 0 unspecified atom stereocenters. The summed E-state index contributed by atoms with van der Waals surface area (Å²) < 4.78 is 0. The third-order valence-corrected chi connectivity index (χ3v) is 3.92. The summed E-state index contributed by atoms with van der Waals surface area (Å²) in [7, 11) is 0. The van der Waals surface area contributed by atoms with Gasteiger partial charge in [-0.05, 0) is 54.0 Å². The summed E-state index contributed by atoms with van der Waals surface area (Å²) >= 11 is 6.34. The topological polar surface area (TPSA) is 26.0 Å². The fourth-order valence-corrected chi connectivity index (χ4v) is 3.33. The highest BCUT2D eigenvalue weighted by Gasteiger charge is 2.38. The summed E-state index contributed by atoms with van der Waals surface area (Å²) in [6.45, 7) is 8.68. The molecule has 0 saturated carbocycles. The minimum absolute atomic E-state index is 0.115. The van der Waals surface area contributed by atoms with Gasteiger partial charge in [-0.3, -0.25) is 0 Å². The van der Waals surface area contributed by atoms with Gasteiger partial charge in [0.25, 0.3) is 0 Å². The highest BCUT2D eigenvalue weighted by atomic mass is 35.5. The van der Waals surface area contributed by atoms with E-state index in [4.69, 9.17) is 17.3 Å². The minimum atomic E-state index is 0.115. The number of halogens is 1. The number of hydrogen-bond donors (Lipinski definition) is 1. The van der Waals surface area contributed by atoms with Crippen molar-refractivity contribution in [3.8, 4) is 0 Å². The van der Waals surface area contributed by atoms with Crippen LogP contribution in [0.5, 0.6) is 0 Å². The van der Waals surface area contributed by atoms with Crippen molar-refractivity contribution in [1.82, 2.24) is 0 Å². The number of fused-ring (bicyclic) bond motifs is 1. The fraction of sp³-hybridized carbons (Fsp3) is 0.538. The Morgan fingerprint density at radius 2 is 2.00 bits per heavy atom. The molecule has 0 saturated heterocycles. The SMILES string of the molecule is Cc1cc(Cl)c2c(c1C)[C@H](N)CC2(C)C. The van der Waals surface area contributed by atoms with Crippen LogP contribution in [0.25, 0.3) is 0 Å². The third-order valence-electron chi connectivity index (χ3n) is 3.62. The van der Waals surface area contributed by atoms with Crippen molar-refractivity contribution in [3.05, 3.63) is 33.3 Å². The summed E-state index contributed by atoms with van der Waals surface area (Å²) in [4.78, 5) is 0. The molecule has 0 aliphatic heterocycles. The molecule has 1 nitrogen and oxygen atoms in total. The molecule has 1 aromatic carbocycles. The van der Waals surface area contributed by atoms with E-state index in [0.29, 0.717) is 0 Å². The van der Waals surface area contributed by atoms with Gasteiger partial charge >= 0.3 is 0 Å². The van der Waals surface area contributed by atoms with Gasteiger partial charge in [0.1, 0.15) is 0 Å². The van der Waals surface area contributed by atoms with E-state index >= 15 is 0 Å². The predicted molar refractivity (Wildman–Crippen MR) is 65.5 cm³/mol. The maximum Gasteiger partial charge on any atom is 0.0449 e. The van der Waals surface area contributed by atoms with Gasteiger partial charge in [-0.15, -0.1) is 0 Å². The summed E-state index contributed by atoms with van der Waals surface area (Å²) in [5.74, 6) is 0. The second kappa shape index (κ2) is 3.23. The van der Waals surface area contributed by atoms with Crippen molar-refractivity contribution in [2.45, 2.75) is 45.6 Å². The lowest BCUT2D eigenvalue weighted by Gasteiger charge is -2.21. The average Bonchev–Trinajstić information content (AvgIpc) is 2.32. The van der Waals surface area contributed by atoms with Crippen LogP contribution in [0.4, 0.5) is 0 Å². The molecule has 1 aliphatic rings. The molecule has 1 aromatic rings. The smallest absolute Gasteiger partial charge is 0.0449 e. The Morgan fingerprint density at radius 1 is 1.40 bits per heavy atom. The highest BCUT2D eigenvalue weighted by molar-refractivity contribution is 6.31. The highest BCUT2D eigenvalue weighted by Crippen LogP contribution is 2.48. The summed E-state index contributed by atoms with van der Waals surface area (Å²) in [6, 6.07) is 2.21. The van der Waals surface area contributed by atoms with Crippen LogP contribution in [0.1, 0.15) is 48.6 Å². The molecular weight excluding hydrogens is 206 g/mol. The van der Waals surface area contributed by atoms with Crippen LogP contribution >= 0.6 is 11.6 Å². The molecule has 0 bridgehead atoms. The largest absolute Gasteiger partial charge is 0.324 e. The molecule has 0 fully saturated rings. The number of aryl methyl sites for hydroxylation is 1. The summed E-state index contributed by atoms with van der Waals surface area (Å²) in [5, 5.41) is 0.881. The first kappa shape index (κ1) is 11.0. The average molecular weight is 224 g/mol. The lowest BCUT2D eigenvalue weighted by atomic mass is 9.85. The first-order valence-electron chi connectivity index (χ1n) is 5.40. The van der Waals surface area contributed by atoms with Crippen molar-refractivity contribution in [2.75, 3.05) is 0 Å². The molecule has 82 valence electrons. The van der Waals surface area contributed by atoms with Crippen LogP contribution in [0, 0.1) is 13.8 Å². The second-order valence-electron chi connectivity index (χ2n) is 5.28. The van der Waals surface area contributed by atoms with Crippen LogP contribution in [-0.2, 0) is 5.41 Å². The molecule has 1 atom stereocenters. The van der Waals surface area contributed by atoms with Crippen LogP contribution in [0.2, 0.25) is 5.02 Å². The zero-order valence-electron chi connectivity index (χ0n) is 9.82. The molecule has 2 heteroatoms. The Hall–Kier alpha value is -0.530. The maximum absolute atomic E-state index is 6.34. The summed E-state index contributed by atoms with van der Waals surface area (Å²) in [5.41, 5.74) is 11.4. The van der Waals surface area contributed by atoms with E-state index in [0.717, 1.165) is 11.4 Å². The molecule has 15 heavy (non-hydrogen) atoms. The first-order valence-corrected chi connectivity index (χ1v) is 5.78. The predicted octanol–water partition coefficient (Wildman–Crippen LogP) is 3.64. The van der Waals surface area contributed by atoms with Gasteiger partial charge in [0.2, 0.25) is 0 Å². The van der Waals surface area contributed by atoms with E-state index in [1.165, 1.54) is 22.3 Å². The van der Waals surface area contributed by atoms with E-state index < -0.39 is 0 Å². The van der Waals surface area contributed by atoms with E-state index in [1.54, 1.807) is 0 Å². The van der Waals surface area contributed by atoms with Gasteiger partial charge in [-0.2, -0.15) is 0 Å². The van der Waals surface area contributed by atoms with Crippen molar-refractivity contribution >= 4 is 11.6 Å². The summed E-state index contributed by atoms with van der Waals surface area (Å²) in [6.07, 6.45) is 0.992. The second-order valence-corrected chi connectivity index (χ2v) is 5.69. The molecule has 0 heterocycles. The van der Waals surface area contributed by atoms with Gasteiger partial charge in [-0.25, -0.2) is 0 Å². The van der Waals surface area contributed by atoms with Gasteiger partial charge in [-0.1, -0.05) is 25.4 Å². The van der Waals surface area contributed by atoms with Crippen molar-refractivity contribution in [2.24, 2.45) is 5.73 Å². The van der Waals surface area contributed by atoms with Gasteiger partial charge in [0.15, 0.2) is 0 Å². The van der Waals surface area contributed by atoms with E-state index in [1.807, 2.05) is 0 Å². The van der Waals surface area contributed by atoms with Gasteiger partial charge in [0, 0.05) is 11.1 Å². The standard InChI is InChI=1S/C13H18ClN/c1-7-5-9(14)12-11(8(7)2)10(15)6-13(12,3)4/h5,10H,6,15H2,1-4H3/t10-/m1/s1. The van der Waals surface area contributed by atoms with Crippen molar-refractivity contribution in [1.29, 1.82) is 0 Å². The lowest BCUT2D eigenvalue weighted by molar-refractivity contribution is 0.481. The van der Waals surface area contributed by atoms with Crippen LogP contribution in [-0.4, -0.2) is 0 Å². The van der Waals surface area contributed by atoms with Gasteiger partial charge < -0.3 is 5.73 Å². The molecule has 0 spiro atoms. The monoisotopic (exact) mass is 223 g/mol. The lowest BCUT2D eigenvalue weighted by Crippen LogP contribution is -2.14. The third kappa shape index (κ3) is 1.49. The van der Waals surface area contributed by atoms with E-state index in [-0.39, 0.29) is 11.5 Å². The Bertz CT molecular complexity index is 421. The molecule has 2 rings (SSSR count). The molecule has 1 aliphatic carbocycles.